The number of methoxy groups -OCH3 is 2. The Balaban J connectivity index is 1.61. The summed E-state index contributed by atoms with van der Waals surface area (Å²) in [5, 5.41) is 7.67. The molecule has 3 aromatic carbocycles. The molecular formula is C25H23ClN2O2. The van der Waals surface area contributed by atoms with Gasteiger partial charge in [-0.05, 0) is 65.7 Å². The van der Waals surface area contributed by atoms with Gasteiger partial charge in [0.1, 0.15) is 11.5 Å². The van der Waals surface area contributed by atoms with E-state index < -0.39 is 0 Å². The van der Waals surface area contributed by atoms with Gasteiger partial charge in [0.05, 0.1) is 31.7 Å². The average molecular weight is 419 g/mol. The summed E-state index contributed by atoms with van der Waals surface area (Å²) in [4.78, 5) is 0. The fourth-order valence-corrected chi connectivity index (χ4v) is 3.58. The van der Waals surface area contributed by atoms with Crippen molar-refractivity contribution in [3.63, 3.8) is 0 Å². The number of ether oxygens (including phenoxy) is 2. The second-order valence-electron chi connectivity index (χ2n) is 7.01. The van der Waals surface area contributed by atoms with Gasteiger partial charge in [0.25, 0.3) is 0 Å². The van der Waals surface area contributed by atoms with Gasteiger partial charge in [0, 0.05) is 11.4 Å². The minimum atomic E-state index is 0.104. The summed E-state index contributed by atoms with van der Waals surface area (Å²) in [5.74, 6) is 1.69. The molecule has 30 heavy (non-hydrogen) atoms. The van der Waals surface area contributed by atoms with Crippen molar-refractivity contribution in [1.29, 1.82) is 0 Å². The van der Waals surface area contributed by atoms with Crippen LogP contribution in [0.5, 0.6) is 11.5 Å². The van der Waals surface area contributed by atoms with Crippen molar-refractivity contribution >= 4 is 29.1 Å². The molecule has 1 atom stereocenters. The number of rotatable bonds is 6. The zero-order valence-electron chi connectivity index (χ0n) is 17.0. The van der Waals surface area contributed by atoms with E-state index in [0.29, 0.717) is 5.02 Å². The van der Waals surface area contributed by atoms with Crippen LogP contribution in [0.15, 0.2) is 84.0 Å². The van der Waals surface area contributed by atoms with Crippen molar-refractivity contribution in [3.8, 4) is 11.5 Å². The van der Waals surface area contributed by atoms with Crippen LogP contribution in [-0.2, 0) is 0 Å². The number of hydrogen-bond acceptors (Lipinski definition) is 4. The highest BCUT2D eigenvalue weighted by Gasteiger charge is 2.28. The van der Waals surface area contributed by atoms with Crippen LogP contribution in [0.4, 0.5) is 5.69 Å². The van der Waals surface area contributed by atoms with E-state index in [0.717, 1.165) is 34.9 Å². The fourth-order valence-electron chi connectivity index (χ4n) is 3.46. The Morgan fingerprint density at radius 3 is 2.03 bits per heavy atom. The molecule has 0 amide bonds. The number of hydrogen-bond donors (Lipinski definition) is 0. The summed E-state index contributed by atoms with van der Waals surface area (Å²) < 4.78 is 10.5. The van der Waals surface area contributed by atoms with Crippen LogP contribution in [0.2, 0.25) is 5.02 Å². The largest absolute Gasteiger partial charge is 0.497 e. The second kappa shape index (κ2) is 9.06. The topological polar surface area (TPSA) is 34.1 Å². The first-order valence-corrected chi connectivity index (χ1v) is 10.1. The SMILES string of the molecule is COc1ccc(C=CC2=NN(c3ccc(Cl)cc3)C(c3ccc(OC)cc3)C2)cc1. The number of hydrazone groups is 1. The maximum atomic E-state index is 6.08. The zero-order valence-corrected chi connectivity index (χ0v) is 17.7. The molecule has 1 heterocycles. The molecule has 0 bridgehead atoms. The molecule has 0 saturated carbocycles. The molecule has 1 unspecified atom stereocenters. The standard InChI is InChI=1S/C25H23ClN2O2/c1-29-23-13-4-18(5-14-23)3-10-21-17-25(19-6-15-24(30-2)16-7-19)28(27-21)22-11-8-20(26)9-12-22/h3-16,25H,17H2,1-2H3. The lowest BCUT2D eigenvalue weighted by Gasteiger charge is -2.24. The van der Waals surface area contributed by atoms with Gasteiger partial charge in [0.15, 0.2) is 0 Å². The third-order valence-corrected chi connectivity index (χ3v) is 5.36. The highest BCUT2D eigenvalue weighted by Crippen LogP contribution is 2.36. The predicted molar refractivity (Wildman–Crippen MR) is 124 cm³/mol. The van der Waals surface area contributed by atoms with E-state index in [1.54, 1.807) is 14.2 Å². The monoisotopic (exact) mass is 418 g/mol. The lowest BCUT2D eigenvalue weighted by Crippen LogP contribution is -2.18. The van der Waals surface area contributed by atoms with Crippen LogP contribution in [0.25, 0.3) is 6.08 Å². The van der Waals surface area contributed by atoms with Crippen LogP contribution in [-0.4, -0.2) is 19.9 Å². The number of allylic oxidation sites excluding steroid dienone is 1. The maximum absolute atomic E-state index is 6.08. The van der Waals surface area contributed by atoms with E-state index in [9.17, 15) is 0 Å². The van der Waals surface area contributed by atoms with Crippen LogP contribution in [0.1, 0.15) is 23.6 Å². The Hall–Kier alpha value is -3.24. The molecule has 0 spiro atoms. The molecule has 5 heteroatoms. The first kappa shape index (κ1) is 20.0. The van der Waals surface area contributed by atoms with Crippen LogP contribution < -0.4 is 14.5 Å². The Bertz CT molecular complexity index is 1040. The van der Waals surface area contributed by atoms with Gasteiger partial charge in [0.2, 0.25) is 0 Å². The van der Waals surface area contributed by atoms with E-state index in [1.807, 2.05) is 60.7 Å². The number of nitrogens with zero attached hydrogens (tertiary/aromatic N) is 2. The summed E-state index contributed by atoms with van der Waals surface area (Å²) in [6.07, 6.45) is 4.96. The Labute approximate surface area is 182 Å². The summed E-state index contributed by atoms with van der Waals surface area (Å²) >= 11 is 6.08. The lowest BCUT2D eigenvalue weighted by molar-refractivity contribution is 0.414. The van der Waals surface area contributed by atoms with Crippen molar-refractivity contribution < 1.29 is 9.47 Å². The molecule has 0 aliphatic carbocycles. The van der Waals surface area contributed by atoms with Crippen molar-refractivity contribution in [2.24, 2.45) is 5.10 Å². The fraction of sp³-hybridized carbons (Fsp3) is 0.160. The van der Waals surface area contributed by atoms with E-state index >= 15 is 0 Å². The summed E-state index contributed by atoms with van der Waals surface area (Å²) in [6.45, 7) is 0. The molecule has 4 nitrogen and oxygen atoms in total. The van der Waals surface area contributed by atoms with Gasteiger partial charge < -0.3 is 9.47 Å². The van der Waals surface area contributed by atoms with Crippen LogP contribution >= 0.6 is 11.6 Å². The van der Waals surface area contributed by atoms with E-state index in [1.165, 1.54) is 5.56 Å². The molecule has 4 rings (SSSR count). The van der Waals surface area contributed by atoms with Gasteiger partial charge in [-0.2, -0.15) is 5.10 Å². The maximum Gasteiger partial charge on any atom is 0.118 e. The number of benzene rings is 3. The van der Waals surface area contributed by atoms with E-state index in [4.69, 9.17) is 26.2 Å². The first-order chi connectivity index (χ1) is 14.7. The van der Waals surface area contributed by atoms with Gasteiger partial charge in [-0.25, -0.2) is 0 Å². The van der Waals surface area contributed by atoms with Gasteiger partial charge in [-0.1, -0.05) is 41.9 Å². The summed E-state index contributed by atoms with van der Waals surface area (Å²) in [5.41, 5.74) is 4.31. The lowest BCUT2D eigenvalue weighted by atomic mass is 10.0. The van der Waals surface area contributed by atoms with Gasteiger partial charge in [-0.3, -0.25) is 5.01 Å². The van der Waals surface area contributed by atoms with Crippen molar-refractivity contribution in [2.75, 3.05) is 19.2 Å². The second-order valence-corrected chi connectivity index (χ2v) is 7.45. The Morgan fingerprint density at radius 2 is 1.43 bits per heavy atom. The van der Waals surface area contributed by atoms with Gasteiger partial charge >= 0.3 is 0 Å². The Morgan fingerprint density at radius 1 is 0.833 bits per heavy atom. The summed E-state index contributed by atoms with van der Waals surface area (Å²) in [6, 6.07) is 24.0. The van der Waals surface area contributed by atoms with Crippen molar-refractivity contribution in [1.82, 2.24) is 0 Å². The van der Waals surface area contributed by atoms with Crippen molar-refractivity contribution in [2.45, 2.75) is 12.5 Å². The van der Waals surface area contributed by atoms with Crippen LogP contribution in [0.3, 0.4) is 0 Å². The normalized spacial score (nSPS) is 16.0. The Kier molecular flexibility index (Phi) is 6.05. The highest BCUT2D eigenvalue weighted by molar-refractivity contribution is 6.30. The average Bonchev–Trinajstić information content (AvgIpc) is 3.23. The van der Waals surface area contributed by atoms with Crippen molar-refractivity contribution in [3.05, 3.63) is 95.0 Å². The smallest absolute Gasteiger partial charge is 0.118 e. The molecule has 1 aliphatic rings. The molecule has 1 aliphatic heterocycles. The quantitative estimate of drug-likeness (QED) is 0.466. The van der Waals surface area contributed by atoms with Gasteiger partial charge in [-0.15, -0.1) is 0 Å². The molecule has 3 aromatic rings. The minimum Gasteiger partial charge on any atom is -0.497 e. The molecule has 152 valence electrons. The molecule has 0 aromatic heterocycles. The molecular weight excluding hydrogens is 396 g/mol. The first-order valence-electron chi connectivity index (χ1n) is 9.74. The third kappa shape index (κ3) is 4.50. The molecule has 0 radical (unpaired) electrons. The minimum absolute atomic E-state index is 0.104. The third-order valence-electron chi connectivity index (χ3n) is 5.11. The number of anilines is 1. The van der Waals surface area contributed by atoms with Crippen LogP contribution in [0, 0.1) is 0 Å². The van der Waals surface area contributed by atoms with E-state index in [2.05, 4.69) is 29.3 Å². The predicted octanol–water partition coefficient (Wildman–Crippen LogP) is 6.38. The molecule has 0 saturated heterocycles. The number of halogens is 1. The molecule has 0 N–H and O–H groups in total. The highest BCUT2D eigenvalue weighted by atomic mass is 35.5. The summed E-state index contributed by atoms with van der Waals surface area (Å²) in [7, 11) is 3.35. The zero-order chi connectivity index (χ0) is 20.9. The van der Waals surface area contributed by atoms with E-state index in [-0.39, 0.29) is 6.04 Å². The molecule has 0 fully saturated rings.